The molecular weight excluding hydrogens is 220 g/mol. The molecule has 7 rings (SSSR count). The minimum Gasteiger partial charge on any atom is -0.384 e. The average molecular weight is 240 g/mol. The Bertz CT molecular complexity index is 458. The van der Waals surface area contributed by atoms with Gasteiger partial charge in [-0.25, -0.2) is 0 Å². The second kappa shape index (κ2) is 2.70. The zero-order chi connectivity index (χ0) is 12.0. The van der Waals surface area contributed by atoms with Crippen molar-refractivity contribution in [2.75, 3.05) is 0 Å². The van der Waals surface area contributed by atoms with Crippen LogP contribution < -0.4 is 0 Å². The van der Waals surface area contributed by atoms with Crippen LogP contribution in [0.25, 0.3) is 0 Å². The highest BCUT2D eigenvalue weighted by molar-refractivity contribution is 5.37. The van der Waals surface area contributed by atoms with Crippen LogP contribution in [0.5, 0.6) is 0 Å². The Labute approximate surface area is 108 Å². The van der Waals surface area contributed by atoms with Gasteiger partial charge in [0.05, 0.1) is 0 Å². The molecule has 0 unspecified atom stereocenters. The largest absolute Gasteiger partial charge is 0.384 e. The van der Waals surface area contributed by atoms with E-state index >= 15 is 0 Å². The second-order valence-electron chi connectivity index (χ2n) is 7.59. The average Bonchev–Trinajstić information content (AvgIpc) is 2.08. The fourth-order valence-corrected chi connectivity index (χ4v) is 5.70. The first kappa shape index (κ1) is 10.0. The van der Waals surface area contributed by atoms with E-state index in [2.05, 4.69) is 30.3 Å². The number of hydrogen-bond acceptors (Lipinski definition) is 1. The van der Waals surface area contributed by atoms with Crippen molar-refractivity contribution in [2.24, 2.45) is 22.7 Å². The second-order valence-corrected chi connectivity index (χ2v) is 7.59. The summed E-state index contributed by atoms with van der Waals surface area (Å²) in [5, 5.41) is 11.7. The van der Waals surface area contributed by atoms with Crippen molar-refractivity contribution < 1.29 is 5.11 Å². The molecular formula is C17H20O. The summed E-state index contributed by atoms with van der Waals surface area (Å²) < 4.78 is 0. The summed E-state index contributed by atoms with van der Waals surface area (Å²) in [7, 11) is 0. The van der Waals surface area contributed by atoms with Gasteiger partial charge in [0.15, 0.2) is 0 Å². The Balaban J connectivity index is 1.66. The first-order valence-electron chi connectivity index (χ1n) is 7.46. The van der Waals surface area contributed by atoms with Crippen LogP contribution in [0, 0.1) is 22.7 Å². The van der Waals surface area contributed by atoms with Crippen molar-refractivity contribution in [1.29, 1.82) is 0 Å². The molecule has 0 heterocycles. The molecule has 6 aliphatic rings. The molecule has 0 spiro atoms. The molecule has 1 nitrogen and oxygen atoms in total. The molecule has 18 heavy (non-hydrogen) atoms. The molecule has 0 aromatic heterocycles. The standard InChI is InChI=1S/C17H20O/c18-17(14-4-2-1-3-5-14,15-6-12(7-15)8-15)16-9-13(10-16)11-16/h1-5,12-13,18H,6-11H2. The smallest absolute Gasteiger partial charge is 0.101 e. The van der Waals surface area contributed by atoms with Crippen molar-refractivity contribution in [3.8, 4) is 0 Å². The fourth-order valence-electron chi connectivity index (χ4n) is 5.70. The lowest BCUT2D eigenvalue weighted by Crippen LogP contribution is -2.75. The molecule has 94 valence electrons. The quantitative estimate of drug-likeness (QED) is 0.857. The van der Waals surface area contributed by atoms with Crippen molar-refractivity contribution in [3.05, 3.63) is 35.9 Å². The Hall–Kier alpha value is -0.820. The van der Waals surface area contributed by atoms with E-state index in [4.69, 9.17) is 0 Å². The molecule has 0 saturated heterocycles. The lowest BCUT2D eigenvalue weighted by molar-refractivity contribution is -0.356. The van der Waals surface area contributed by atoms with Crippen LogP contribution in [0.3, 0.4) is 0 Å². The molecule has 6 saturated carbocycles. The van der Waals surface area contributed by atoms with E-state index in [1.165, 1.54) is 44.1 Å². The topological polar surface area (TPSA) is 20.2 Å². The van der Waals surface area contributed by atoms with Crippen molar-refractivity contribution in [1.82, 2.24) is 0 Å². The third-order valence-electron chi connectivity index (χ3n) is 6.80. The van der Waals surface area contributed by atoms with Gasteiger partial charge < -0.3 is 5.11 Å². The van der Waals surface area contributed by atoms with Gasteiger partial charge in [0.25, 0.3) is 0 Å². The predicted molar refractivity (Wildman–Crippen MR) is 69.9 cm³/mol. The summed E-state index contributed by atoms with van der Waals surface area (Å²) in [5.41, 5.74) is 1.21. The minimum atomic E-state index is -0.509. The summed E-state index contributed by atoms with van der Waals surface area (Å²) in [4.78, 5) is 0. The summed E-state index contributed by atoms with van der Waals surface area (Å²) in [6.45, 7) is 0. The molecule has 1 N–H and O–H groups in total. The highest BCUT2D eigenvalue weighted by atomic mass is 16.3. The van der Waals surface area contributed by atoms with Gasteiger partial charge in [0, 0.05) is 10.8 Å². The zero-order valence-electron chi connectivity index (χ0n) is 10.7. The van der Waals surface area contributed by atoms with Crippen molar-refractivity contribution >= 4 is 0 Å². The van der Waals surface area contributed by atoms with Crippen LogP contribution in [-0.2, 0) is 5.60 Å². The maximum absolute atomic E-state index is 11.7. The third kappa shape index (κ3) is 0.815. The maximum atomic E-state index is 11.7. The van der Waals surface area contributed by atoms with Crippen LogP contribution in [-0.4, -0.2) is 5.11 Å². The molecule has 1 aromatic carbocycles. The van der Waals surface area contributed by atoms with Crippen molar-refractivity contribution in [3.63, 3.8) is 0 Å². The van der Waals surface area contributed by atoms with Gasteiger partial charge in [-0.05, 0) is 55.9 Å². The van der Waals surface area contributed by atoms with E-state index in [1.54, 1.807) is 0 Å². The highest BCUT2D eigenvalue weighted by Gasteiger charge is 2.78. The van der Waals surface area contributed by atoms with Crippen LogP contribution in [0.1, 0.15) is 44.1 Å². The van der Waals surface area contributed by atoms with Gasteiger partial charge in [-0.2, -0.15) is 0 Å². The third-order valence-corrected chi connectivity index (χ3v) is 6.80. The molecule has 0 radical (unpaired) electrons. The van der Waals surface area contributed by atoms with Gasteiger partial charge in [0.1, 0.15) is 5.60 Å². The summed E-state index contributed by atoms with van der Waals surface area (Å²) in [6, 6.07) is 10.6. The SMILES string of the molecule is OC(c1ccccc1)(C12CC(C1)C2)C12CC(C1)C2. The Morgan fingerprint density at radius 2 is 1.28 bits per heavy atom. The Morgan fingerprint density at radius 1 is 0.833 bits per heavy atom. The van der Waals surface area contributed by atoms with Crippen LogP contribution in [0.2, 0.25) is 0 Å². The van der Waals surface area contributed by atoms with Gasteiger partial charge in [0.2, 0.25) is 0 Å². The van der Waals surface area contributed by atoms with Crippen LogP contribution in [0.4, 0.5) is 0 Å². The molecule has 0 amide bonds. The normalized spacial score (nSPS) is 50.1. The number of hydrogen-bond donors (Lipinski definition) is 1. The molecule has 1 heteroatoms. The number of benzene rings is 1. The minimum absolute atomic E-state index is 0.254. The monoisotopic (exact) mass is 240 g/mol. The van der Waals surface area contributed by atoms with E-state index in [-0.39, 0.29) is 10.8 Å². The maximum Gasteiger partial charge on any atom is 0.101 e. The molecule has 4 bridgehead atoms. The first-order chi connectivity index (χ1) is 8.68. The molecule has 6 aliphatic carbocycles. The van der Waals surface area contributed by atoms with E-state index < -0.39 is 5.60 Å². The Morgan fingerprint density at radius 3 is 1.61 bits per heavy atom. The summed E-state index contributed by atoms with van der Waals surface area (Å²) in [6.07, 6.45) is 7.70. The number of aliphatic hydroxyl groups is 1. The highest BCUT2D eigenvalue weighted by Crippen LogP contribution is 2.82. The lowest BCUT2D eigenvalue weighted by atomic mass is 9.27. The molecule has 1 aromatic rings. The van der Waals surface area contributed by atoms with Crippen LogP contribution in [0.15, 0.2) is 30.3 Å². The van der Waals surface area contributed by atoms with E-state index in [9.17, 15) is 5.11 Å². The van der Waals surface area contributed by atoms with Crippen LogP contribution >= 0.6 is 0 Å². The first-order valence-corrected chi connectivity index (χ1v) is 7.46. The van der Waals surface area contributed by atoms with Gasteiger partial charge in [-0.15, -0.1) is 0 Å². The van der Waals surface area contributed by atoms with Crippen molar-refractivity contribution in [2.45, 2.75) is 44.1 Å². The summed E-state index contributed by atoms with van der Waals surface area (Å²) >= 11 is 0. The zero-order valence-corrected chi connectivity index (χ0v) is 10.7. The molecule has 0 aliphatic heterocycles. The van der Waals surface area contributed by atoms with E-state index in [0.717, 1.165) is 11.8 Å². The van der Waals surface area contributed by atoms with Gasteiger partial charge in [-0.1, -0.05) is 30.3 Å². The van der Waals surface area contributed by atoms with E-state index in [0.29, 0.717) is 0 Å². The summed E-state index contributed by atoms with van der Waals surface area (Å²) in [5.74, 6) is 1.88. The Kier molecular flexibility index (Phi) is 1.50. The number of rotatable bonds is 3. The van der Waals surface area contributed by atoms with Gasteiger partial charge >= 0.3 is 0 Å². The molecule has 0 atom stereocenters. The molecule has 6 fully saturated rings. The van der Waals surface area contributed by atoms with Gasteiger partial charge in [-0.3, -0.25) is 0 Å². The predicted octanol–water partition coefficient (Wildman–Crippen LogP) is 3.47. The van der Waals surface area contributed by atoms with E-state index in [1.807, 2.05) is 0 Å². The lowest BCUT2D eigenvalue weighted by Gasteiger charge is -2.79. The fraction of sp³-hybridized carbons (Fsp3) is 0.647.